The van der Waals surface area contributed by atoms with Crippen molar-refractivity contribution in [1.82, 2.24) is 0 Å². The number of rotatable bonds is 9. The number of ether oxygens (including phenoxy) is 1. The van der Waals surface area contributed by atoms with Crippen LogP contribution in [-0.2, 0) is 9.53 Å². The molecule has 0 spiro atoms. The molecule has 0 fully saturated rings. The van der Waals surface area contributed by atoms with Gasteiger partial charge in [-0.1, -0.05) is 26.2 Å². The molecule has 0 aliphatic heterocycles. The van der Waals surface area contributed by atoms with Gasteiger partial charge in [-0.3, -0.25) is 14.9 Å². The maximum absolute atomic E-state index is 11.2. The summed E-state index contributed by atoms with van der Waals surface area (Å²) in [4.78, 5) is 21.1. The molecular formula is C11H21NO4. The molecule has 0 aliphatic rings. The zero-order valence-corrected chi connectivity index (χ0v) is 10.1. The lowest BCUT2D eigenvalue weighted by Crippen LogP contribution is -2.17. The first-order valence-corrected chi connectivity index (χ1v) is 5.87. The number of esters is 1. The third-order valence-corrected chi connectivity index (χ3v) is 2.39. The van der Waals surface area contributed by atoms with Crippen LogP contribution < -0.4 is 0 Å². The first kappa shape index (κ1) is 14.9. The van der Waals surface area contributed by atoms with E-state index in [4.69, 9.17) is 4.74 Å². The molecule has 5 nitrogen and oxygen atoms in total. The molecule has 1 unspecified atom stereocenters. The molecule has 94 valence electrons. The highest BCUT2D eigenvalue weighted by atomic mass is 16.6. The average Bonchev–Trinajstić information content (AvgIpc) is 2.25. The van der Waals surface area contributed by atoms with Crippen LogP contribution in [0.5, 0.6) is 0 Å². The number of hydrogen-bond donors (Lipinski definition) is 0. The molecule has 0 bridgehead atoms. The van der Waals surface area contributed by atoms with E-state index < -0.39 is 6.04 Å². The predicted octanol–water partition coefficient (Wildman–Crippen LogP) is 2.56. The molecule has 0 saturated carbocycles. The molecule has 0 heterocycles. The first-order chi connectivity index (χ1) is 7.57. The van der Waals surface area contributed by atoms with E-state index in [9.17, 15) is 14.9 Å². The highest BCUT2D eigenvalue weighted by Crippen LogP contribution is 2.03. The number of unbranched alkanes of at least 4 members (excludes halogenated alkanes) is 3. The summed E-state index contributed by atoms with van der Waals surface area (Å²) in [5, 5.41) is 10.3. The Kier molecular flexibility index (Phi) is 8.48. The van der Waals surface area contributed by atoms with E-state index in [0.29, 0.717) is 6.61 Å². The van der Waals surface area contributed by atoms with Crippen molar-refractivity contribution in [3.8, 4) is 0 Å². The van der Waals surface area contributed by atoms with Gasteiger partial charge in [0.1, 0.15) is 0 Å². The minimum Gasteiger partial charge on any atom is -0.466 e. The lowest BCUT2D eigenvalue weighted by molar-refractivity contribution is -0.518. The lowest BCUT2D eigenvalue weighted by atomic mass is 10.2. The summed E-state index contributed by atoms with van der Waals surface area (Å²) in [6.07, 6.45) is 4.63. The second-order valence-corrected chi connectivity index (χ2v) is 3.95. The maximum Gasteiger partial charge on any atom is 0.306 e. The molecule has 0 aromatic heterocycles. The van der Waals surface area contributed by atoms with E-state index in [2.05, 4.69) is 6.92 Å². The van der Waals surface area contributed by atoms with Crippen molar-refractivity contribution < 1.29 is 14.5 Å². The van der Waals surface area contributed by atoms with Crippen molar-refractivity contribution >= 4 is 5.97 Å². The summed E-state index contributed by atoms with van der Waals surface area (Å²) < 4.78 is 4.96. The zero-order chi connectivity index (χ0) is 12.4. The maximum atomic E-state index is 11.2. The van der Waals surface area contributed by atoms with Gasteiger partial charge in [0, 0.05) is 18.3 Å². The average molecular weight is 231 g/mol. The highest BCUT2D eigenvalue weighted by molar-refractivity contribution is 5.69. The van der Waals surface area contributed by atoms with Crippen LogP contribution in [0.3, 0.4) is 0 Å². The third kappa shape index (κ3) is 8.20. The Morgan fingerprint density at radius 3 is 2.62 bits per heavy atom. The largest absolute Gasteiger partial charge is 0.466 e. The van der Waals surface area contributed by atoms with Gasteiger partial charge in [-0.05, 0) is 6.42 Å². The fourth-order valence-corrected chi connectivity index (χ4v) is 1.22. The fourth-order valence-electron chi connectivity index (χ4n) is 1.22. The monoisotopic (exact) mass is 231 g/mol. The third-order valence-electron chi connectivity index (χ3n) is 2.39. The lowest BCUT2D eigenvalue weighted by Gasteiger charge is -2.05. The normalized spacial score (nSPS) is 12.1. The number of carbonyl (C=O) groups is 1. The molecule has 0 aliphatic carbocycles. The number of nitro groups is 1. The Balaban J connectivity index is 3.41. The molecule has 0 saturated heterocycles. The van der Waals surface area contributed by atoms with Gasteiger partial charge in [-0.15, -0.1) is 0 Å². The van der Waals surface area contributed by atoms with Crippen LogP contribution >= 0.6 is 0 Å². The minimum atomic E-state index is -0.673. The summed E-state index contributed by atoms with van der Waals surface area (Å²) in [7, 11) is 0. The molecule has 0 amide bonds. The van der Waals surface area contributed by atoms with Crippen LogP contribution in [0.1, 0.15) is 52.4 Å². The van der Waals surface area contributed by atoms with Gasteiger partial charge >= 0.3 is 5.97 Å². The SMILES string of the molecule is CCCCCCOC(=O)CCC(C)[N+](=O)[O-]. The molecule has 5 heteroatoms. The zero-order valence-electron chi connectivity index (χ0n) is 10.1. The van der Waals surface area contributed by atoms with Crippen LogP contribution in [-0.4, -0.2) is 23.5 Å². The Morgan fingerprint density at radius 1 is 1.38 bits per heavy atom. The van der Waals surface area contributed by atoms with E-state index in [1.54, 1.807) is 0 Å². The smallest absolute Gasteiger partial charge is 0.306 e. The van der Waals surface area contributed by atoms with Crippen molar-refractivity contribution in [1.29, 1.82) is 0 Å². The quantitative estimate of drug-likeness (QED) is 0.264. The predicted molar refractivity (Wildman–Crippen MR) is 60.8 cm³/mol. The van der Waals surface area contributed by atoms with Gasteiger partial charge in [-0.2, -0.15) is 0 Å². The molecular weight excluding hydrogens is 210 g/mol. The first-order valence-electron chi connectivity index (χ1n) is 5.87. The van der Waals surface area contributed by atoms with Gasteiger partial charge in [0.25, 0.3) is 0 Å². The molecule has 0 radical (unpaired) electrons. The molecule has 0 rings (SSSR count). The van der Waals surface area contributed by atoms with E-state index in [1.165, 1.54) is 6.92 Å². The summed E-state index contributed by atoms with van der Waals surface area (Å²) in [5.74, 6) is -0.329. The van der Waals surface area contributed by atoms with E-state index in [0.717, 1.165) is 25.7 Å². The standard InChI is InChI=1S/C11H21NO4/c1-3-4-5-6-9-16-11(13)8-7-10(2)12(14)15/h10H,3-9H2,1-2H3. The highest BCUT2D eigenvalue weighted by Gasteiger charge is 2.15. The van der Waals surface area contributed by atoms with Gasteiger partial charge in [-0.25, -0.2) is 0 Å². The molecule has 0 N–H and O–H groups in total. The van der Waals surface area contributed by atoms with Crippen LogP contribution in [0, 0.1) is 10.1 Å². The number of carbonyl (C=O) groups excluding carboxylic acids is 1. The Hall–Kier alpha value is -1.13. The van der Waals surface area contributed by atoms with Gasteiger partial charge in [0.2, 0.25) is 6.04 Å². The second kappa shape index (κ2) is 9.12. The fraction of sp³-hybridized carbons (Fsp3) is 0.909. The molecule has 16 heavy (non-hydrogen) atoms. The van der Waals surface area contributed by atoms with E-state index in [-0.39, 0.29) is 23.7 Å². The topological polar surface area (TPSA) is 69.4 Å². The molecule has 1 atom stereocenters. The minimum absolute atomic E-state index is 0.135. The van der Waals surface area contributed by atoms with E-state index >= 15 is 0 Å². The number of hydrogen-bond acceptors (Lipinski definition) is 4. The summed E-state index contributed by atoms with van der Waals surface area (Å²) in [6.45, 7) is 4.05. The van der Waals surface area contributed by atoms with Crippen LogP contribution in [0.25, 0.3) is 0 Å². The summed E-state index contributed by atoms with van der Waals surface area (Å²) in [6, 6.07) is -0.673. The van der Waals surface area contributed by atoms with Crippen LogP contribution in [0.15, 0.2) is 0 Å². The van der Waals surface area contributed by atoms with E-state index in [1.807, 2.05) is 0 Å². The van der Waals surface area contributed by atoms with Crippen molar-refractivity contribution in [2.45, 2.75) is 58.4 Å². The van der Waals surface area contributed by atoms with Gasteiger partial charge in [0.15, 0.2) is 0 Å². The van der Waals surface area contributed by atoms with Crippen molar-refractivity contribution in [3.05, 3.63) is 10.1 Å². The Bertz CT molecular complexity index is 218. The molecule has 0 aromatic carbocycles. The second-order valence-electron chi connectivity index (χ2n) is 3.95. The Labute approximate surface area is 96.3 Å². The summed E-state index contributed by atoms with van der Waals surface area (Å²) in [5.41, 5.74) is 0. The van der Waals surface area contributed by atoms with Crippen LogP contribution in [0.4, 0.5) is 0 Å². The van der Waals surface area contributed by atoms with Crippen LogP contribution in [0.2, 0.25) is 0 Å². The molecule has 0 aromatic rings. The van der Waals surface area contributed by atoms with Gasteiger partial charge < -0.3 is 4.74 Å². The van der Waals surface area contributed by atoms with Crippen molar-refractivity contribution in [2.24, 2.45) is 0 Å². The van der Waals surface area contributed by atoms with Gasteiger partial charge in [0.05, 0.1) is 13.0 Å². The summed E-state index contributed by atoms with van der Waals surface area (Å²) >= 11 is 0. The van der Waals surface area contributed by atoms with Crippen molar-refractivity contribution in [2.75, 3.05) is 6.61 Å². The Morgan fingerprint density at radius 2 is 2.06 bits per heavy atom. The van der Waals surface area contributed by atoms with Crippen molar-refractivity contribution in [3.63, 3.8) is 0 Å². The number of nitrogens with zero attached hydrogens (tertiary/aromatic N) is 1.